The van der Waals surface area contributed by atoms with Gasteiger partial charge >= 0.3 is 0 Å². The summed E-state index contributed by atoms with van der Waals surface area (Å²) in [6, 6.07) is 12.3. The maximum Gasteiger partial charge on any atom is 0.261 e. The lowest BCUT2D eigenvalue weighted by Gasteiger charge is -2.26. The Morgan fingerprint density at radius 2 is 1.90 bits per heavy atom. The second kappa shape index (κ2) is 8.99. The SMILES string of the molecule is Cc1ccc(C(C)C)c(OCC(=O)N2CCC[C@@H]2c2ccc3c(c2)OCCCO3)c1. The molecule has 5 heteroatoms. The zero-order valence-corrected chi connectivity index (χ0v) is 18.1. The first-order chi connectivity index (χ1) is 14.5. The fourth-order valence-electron chi connectivity index (χ4n) is 4.26. The minimum atomic E-state index is 0.0285. The van der Waals surface area contributed by atoms with Gasteiger partial charge in [-0.15, -0.1) is 0 Å². The molecule has 2 aliphatic rings. The smallest absolute Gasteiger partial charge is 0.261 e. The minimum absolute atomic E-state index is 0.0285. The highest BCUT2D eigenvalue weighted by atomic mass is 16.5. The van der Waals surface area contributed by atoms with Crippen LogP contribution in [0, 0.1) is 6.92 Å². The van der Waals surface area contributed by atoms with Crippen LogP contribution in [0.2, 0.25) is 0 Å². The number of carbonyl (C=O) groups is 1. The molecule has 1 fully saturated rings. The Balaban J connectivity index is 1.47. The van der Waals surface area contributed by atoms with Gasteiger partial charge in [0.25, 0.3) is 5.91 Å². The van der Waals surface area contributed by atoms with E-state index in [1.54, 1.807) is 0 Å². The van der Waals surface area contributed by atoms with Gasteiger partial charge < -0.3 is 19.1 Å². The highest BCUT2D eigenvalue weighted by molar-refractivity contribution is 5.78. The number of aryl methyl sites for hydroxylation is 1. The second-order valence-corrected chi connectivity index (χ2v) is 8.49. The lowest BCUT2D eigenvalue weighted by atomic mass is 10.0. The van der Waals surface area contributed by atoms with Crippen LogP contribution in [0.1, 0.15) is 61.8 Å². The van der Waals surface area contributed by atoms with Crippen LogP contribution in [0.3, 0.4) is 0 Å². The minimum Gasteiger partial charge on any atom is -0.490 e. The topological polar surface area (TPSA) is 48.0 Å². The van der Waals surface area contributed by atoms with E-state index in [0.717, 1.165) is 59.7 Å². The van der Waals surface area contributed by atoms with Gasteiger partial charge in [-0.3, -0.25) is 4.79 Å². The third-order valence-electron chi connectivity index (χ3n) is 5.87. The summed E-state index contributed by atoms with van der Waals surface area (Å²) in [5.41, 5.74) is 3.37. The predicted octanol–water partition coefficient (Wildman–Crippen LogP) is 5.02. The van der Waals surface area contributed by atoms with E-state index in [0.29, 0.717) is 19.1 Å². The molecule has 160 valence electrons. The van der Waals surface area contributed by atoms with E-state index in [-0.39, 0.29) is 18.6 Å². The van der Waals surface area contributed by atoms with E-state index < -0.39 is 0 Å². The Hall–Kier alpha value is -2.69. The van der Waals surface area contributed by atoms with Crippen LogP contribution in [0.4, 0.5) is 0 Å². The van der Waals surface area contributed by atoms with Gasteiger partial charge in [0.05, 0.1) is 19.3 Å². The van der Waals surface area contributed by atoms with Crippen LogP contribution in [0.15, 0.2) is 36.4 Å². The average Bonchev–Trinajstić information content (AvgIpc) is 3.10. The summed E-state index contributed by atoms with van der Waals surface area (Å²) in [5, 5.41) is 0. The molecular weight excluding hydrogens is 378 g/mol. The Morgan fingerprint density at radius 1 is 1.10 bits per heavy atom. The Labute approximate surface area is 178 Å². The molecule has 0 aliphatic carbocycles. The lowest BCUT2D eigenvalue weighted by Crippen LogP contribution is -2.34. The van der Waals surface area contributed by atoms with Gasteiger partial charge in [0.2, 0.25) is 0 Å². The van der Waals surface area contributed by atoms with E-state index in [1.165, 1.54) is 0 Å². The standard InChI is InChI=1S/C25H31NO4/c1-17(2)20-9-7-18(3)14-23(20)30-16-25(27)26-11-4-6-21(26)19-8-10-22-24(15-19)29-13-5-12-28-22/h7-10,14-15,17,21H,4-6,11-13,16H2,1-3H3/t21-/m1/s1. The number of amides is 1. The van der Waals surface area contributed by atoms with Crippen molar-refractivity contribution in [3.63, 3.8) is 0 Å². The monoisotopic (exact) mass is 409 g/mol. The number of hydrogen-bond acceptors (Lipinski definition) is 4. The molecule has 0 bridgehead atoms. The lowest BCUT2D eigenvalue weighted by molar-refractivity contribution is -0.134. The molecule has 2 heterocycles. The number of likely N-dealkylation sites (tertiary alicyclic amines) is 1. The summed E-state index contributed by atoms with van der Waals surface area (Å²) >= 11 is 0. The molecule has 0 saturated carbocycles. The summed E-state index contributed by atoms with van der Waals surface area (Å²) in [5.74, 6) is 2.75. The number of benzene rings is 2. The predicted molar refractivity (Wildman–Crippen MR) is 117 cm³/mol. The van der Waals surface area contributed by atoms with Crippen LogP contribution in [0.25, 0.3) is 0 Å². The molecule has 0 aromatic heterocycles. The molecule has 1 saturated heterocycles. The molecule has 0 radical (unpaired) electrons. The number of fused-ring (bicyclic) bond motifs is 1. The van der Waals surface area contributed by atoms with Crippen molar-refractivity contribution in [1.29, 1.82) is 0 Å². The van der Waals surface area contributed by atoms with Crippen molar-refractivity contribution in [3.05, 3.63) is 53.1 Å². The largest absolute Gasteiger partial charge is 0.490 e. The molecule has 2 aliphatic heterocycles. The molecule has 1 atom stereocenters. The third-order valence-corrected chi connectivity index (χ3v) is 5.87. The molecule has 0 unspecified atom stereocenters. The summed E-state index contributed by atoms with van der Waals surface area (Å²) in [6.45, 7) is 8.47. The van der Waals surface area contributed by atoms with E-state index in [4.69, 9.17) is 14.2 Å². The molecule has 2 aromatic rings. The molecule has 4 rings (SSSR count). The van der Waals surface area contributed by atoms with E-state index >= 15 is 0 Å². The number of carbonyl (C=O) groups excluding carboxylic acids is 1. The summed E-state index contributed by atoms with van der Waals surface area (Å²) < 4.78 is 17.6. The fraction of sp³-hybridized carbons (Fsp3) is 0.480. The summed E-state index contributed by atoms with van der Waals surface area (Å²) in [6.07, 6.45) is 2.83. The molecule has 2 aromatic carbocycles. The number of ether oxygens (including phenoxy) is 3. The van der Waals surface area contributed by atoms with Crippen molar-refractivity contribution in [3.8, 4) is 17.2 Å². The van der Waals surface area contributed by atoms with E-state index in [1.807, 2.05) is 30.0 Å². The molecule has 30 heavy (non-hydrogen) atoms. The van der Waals surface area contributed by atoms with Crippen molar-refractivity contribution < 1.29 is 19.0 Å². The normalized spacial score (nSPS) is 18.4. The average molecular weight is 410 g/mol. The first-order valence-electron chi connectivity index (χ1n) is 11.0. The molecular formula is C25H31NO4. The fourth-order valence-corrected chi connectivity index (χ4v) is 4.26. The molecule has 0 spiro atoms. The van der Waals surface area contributed by atoms with Gasteiger partial charge in [0, 0.05) is 13.0 Å². The van der Waals surface area contributed by atoms with Gasteiger partial charge in [-0.1, -0.05) is 32.0 Å². The van der Waals surface area contributed by atoms with E-state index in [2.05, 4.69) is 32.0 Å². The highest BCUT2D eigenvalue weighted by Gasteiger charge is 2.31. The maximum absolute atomic E-state index is 13.1. The third kappa shape index (κ3) is 4.40. The number of hydrogen-bond donors (Lipinski definition) is 0. The van der Waals surface area contributed by atoms with Crippen molar-refractivity contribution in [2.75, 3.05) is 26.4 Å². The maximum atomic E-state index is 13.1. The van der Waals surface area contributed by atoms with Gasteiger partial charge in [0.1, 0.15) is 5.75 Å². The summed E-state index contributed by atoms with van der Waals surface area (Å²) in [7, 11) is 0. The van der Waals surface area contributed by atoms with Crippen molar-refractivity contribution in [2.24, 2.45) is 0 Å². The zero-order valence-electron chi connectivity index (χ0n) is 18.1. The van der Waals surface area contributed by atoms with Crippen molar-refractivity contribution in [2.45, 2.75) is 52.0 Å². The van der Waals surface area contributed by atoms with Crippen LogP contribution in [-0.4, -0.2) is 37.2 Å². The number of rotatable bonds is 5. The quantitative estimate of drug-likeness (QED) is 0.696. The Bertz CT molecular complexity index is 908. The molecule has 5 nitrogen and oxygen atoms in total. The van der Waals surface area contributed by atoms with Crippen molar-refractivity contribution >= 4 is 5.91 Å². The van der Waals surface area contributed by atoms with Crippen LogP contribution in [0.5, 0.6) is 17.2 Å². The van der Waals surface area contributed by atoms with Crippen LogP contribution >= 0.6 is 0 Å². The zero-order chi connectivity index (χ0) is 21.1. The Morgan fingerprint density at radius 3 is 2.70 bits per heavy atom. The van der Waals surface area contributed by atoms with Gasteiger partial charge in [-0.25, -0.2) is 0 Å². The first kappa shape index (κ1) is 20.6. The molecule has 0 N–H and O–H groups in total. The van der Waals surface area contributed by atoms with Gasteiger partial charge in [-0.05, 0) is 60.6 Å². The van der Waals surface area contributed by atoms with Gasteiger partial charge in [-0.2, -0.15) is 0 Å². The molecule has 1 amide bonds. The van der Waals surface area contributed by atoms with Crippen LogP contribution in [-0.2, 0) is 4.79 Å². The highest BCUT2D eigenvalue weighted by Crippen LogP contribution is 2.38. The van der Waals surface area contributed by atoms with Crippen molar-refractivity contribution in [1.82, 2.24) is 4.90 Å². The second-order valence-electron chi connectivity index (χ2n) is 8.49. The van der Waals surface area contributed by atoms with Gasteiger partial charge in [0.15, 0.2) is 18.1 Å². The number of nitrogens with zero attached hydrogens (tertiary/aromatic N) is 1. The summed E-state index contributed by atoms with van der Waals surface area (Å²) in [4.78, 5) is 15.0. The first-order valence-corrected chi connectivity index (χ1v) is 11.0. The Kier molecular flexibility index (Phi) is 6.16. The van der Waals surface area contributed by atoms with Crippen LogP contribution < -0.4 is 14.2 Å². The van der Waals surface area contributed by atoms with E-state index in [9.17, 15) is 4.79 Å².